The highest BCUT2D eigenvalue weighted by atomic mass is 19.4. The molecule has 0 amide bonds. The van der Waals surface area contributed by atoms with Gasteiger partial charge >= 0.3 is 12.4 Å². The van der Waals surface area contributed by atoms with Gasteiger partial charge in [0.25, 0.3) is 0 Å². The maximum atomic E-state index is 13.2. The zero-order chi connectivity index (χ0) is 17.4. The van der Waals surface area contributed by atoms with E-state index in [1.165, 1.54) is 19.0 Å². The second-order valence-corrected chi connectivity index (χ2v) is 5.09. The molecule has 0 spiro atoms. The Kier molecular flexibility index (Phi) is 4.36. The van der Waals surface area contributed by atoms with Gasteiger partial charge < -0.3 is 15.5 Å². The lowest BCUT2D eigenvalue weighted by Crippen LogP contribution is -2.29. The van der Waals surface area contributed by atoms with Gasteiger partial charge in [-0.05, 0) is 12.1 Å². The molecule has 0 unspecified atom stereocenters. The van der Waals surface area contributed by atoms with E-state index >= 15 is 0 Å². The number of nitrogens with zero attached hydrogens (tertiary/aromatic N) is 2. The number of hydrogen-bond acceptors (Lipinski definition) is 4. The fourth-order valence-electron chi connectivity index (χ4n) is 2.07. The monoisotopic (exact) mass is 340 g/mol. The van der Waals surface area contributed by atoms with Crippen LogP contribution in [0, 0.1) is 0 Å². The Hall–Kier alpha value is -2.13. The highest BCUT2D eigenvalue weighted by molar-refractivity contribution is 5.96. The highest BCUT2D eigenvalue weighted by Gasteiger charge is 2.42. The summed E-state index contributed by atoms with van der Waals surface area (Å²) in [4.78, 5) is 4.96. The predicted octanol–water partition coefficient (Wildman–Crippen LogP) is 3.16. The van der Waals surface area contributed by atoms with Gasteiger partial charge in [0.2, 0.25) is 0 Å². The van der Waals surface area contributed by atoms with Crippen molar-refractivity contribution in [3.8, 4) is 0 Å². The molecule has 0 atom stereocenters. The first-order chi connectivity index (χ1) is 10.5. The van der Waals surface area contributed by atoms with E-state index in [1.54, 1.807) is 0 Å². The van der Waals surface area contributed by atoms with E-state index in [4.69, 9.17) is 0 Å². The summed E-state index contributed by atoms with van der Waals surface area (Å²) in [5.74, 6) is -0.112. The normalized spacial score (nSPS) is 15.2. The number of rotatable bonds is 2. The maximum Gasteiger partial charge on any atom is 0.418 e. The van der Waals surface area contributed by atoms with E-state index in [0.717, 1.165) is 0 Å². The van der Waals surface area contributed by atoms with Gasteiger partial charge in [0.15, 0.2) is 5.96 Å². The molecule has 10 heteroatoms. The molecule has 0 saturated carbocycles. The molecule has 1 aromatic carbocycles. The minimum atomic E-state index is -4.95. The molecule has 1 aliphatic heterocycles. The number of guanidine groups is 1. The van der Waals surface area contributed by atoms with Crippen LogP contribution in [0.25, 0.3) is 0 Å². The van der Waals surface area contributed by atoms with Crippen molar-refractivity contribution < 1.29 is 26.3 Å². The molecular weight excluding hydrogens is 326 g/mol. The van der Waals surface area contributed by atoms with Crippen LogP contribution < -0.4 is 15.5 Å². The second-order valence-electron chi connectivity index (χ2n) is 5.09. The molecule has 2 N–H and O–H groups in total. The first-order valence-electron chi connectivity index (χ1n) is 6.55. The Labute approximate surface area is 128 Å². The Morgan fingerprint density at radius 2 is 1.57 bits per heavy atom. The fraction of sp³-hybridized carbons (Fsp3) is 0.462. The lowest BCUT2D eigenvalue weighted by molar-refractivity contribution is -0.141. The molecule has 0 saturated heterocycles. The number of halogens is 6. The SMILES string of the molecule is CN(C)c1cc(C(F)(F)F)c(NC2=NCCN2)c(C(F)(F)F)c1. The molecule has 0 radical (unpaired) electrons. The maximum absolute atomic E-state index is 13.2. The van der Waals surface area contributed by atoms with Crippen molar-refractivity contribution in [2.24, 2.45) is 4.99 Å². The van der Waals surface area contributed by atoms with Crippen molar-refractivity contribution in [3.05, 3.63) is 23.3 Å². The lowest BCUT2D eigenvalue weighted by atomic mass is 10.0. The predicted molar refractivity (Wildman–Crippen MR) is 74.7 cm³/mol. The van der Waals surface area contributed by atoms with Crippen molar-refractivity contribution in [1.29, 1.82) is 0 Å². The Bertz CT molecular complexity index is 583. The van der Waals surface area contributed by atoms with Crippen LogP contribution in [-0.4, -0.2) is 33.1 Å². The Morgan fingerprint density at radius 1 is 1.04 bits per heavy atom. The Morgan fingerprint density at radius 3 is 1.91 bits per heavy atom. The molecule has 1 aromatic rings. The van der Waals surface area contributed by atoms with Crippen molar-refractivity contribution in [2.45, 2.75) is 12.4 Å². The molecule has 1 heterocycles. The molecule has 23 heavy (non-hydrogen) atoms. The molecule has 0 bridgehead atoms. The third-order valence-electron chi connectivity index (χ3n) is 3.17. The van der Waals surface area contributed by atoms with Crippen LogP contribution in [0.1, 0.15) is 11.1 Å². The highest BCUT2D eigenvalue weighted by Crippen LogP contribution is 2.45. The van der Waals surface area contributed by atoms with Gasteiger partial charge in [0, 0.05) is 26.3 Å². The summed E-state index contributed by atoms with van der Waals surface area (Å²) < 4.78 is 79.5. The van der Waals surface area contributed by atoms with Gasteiger partial charge in [-0.15, -0.1) is 0 Å². The van der Waals surface area contributed by atoms with Crippen molar-refractivity contribution in [1.82, 2.24) is 5.32 Å². The Balaban J connectivity index is 2.67. The van der Waals surface area contributed by atoms with E-state index < -0.39 is 29.2 Å². The van der Waals surface area contributed by atoms with Crippen molar-refractivity contribution in [3.63, 3.8) is 0 Å². The fourth-order valence-corrected chi connectivity index (χ4v) is 2.07. The van der Waals surface area contributed by atoms with Crippen LogP contribution in [0.4, 0.5) is 37.7 Å². The molecule has 0 aromatic heterocycles. The first kappa shape index (κ1) is 17.2. The number of alkyl halides is 6. The summed E-state index contributed by atoms with van der Waals surface area (Å²) >= 11 is 0. The summed E-state index contributed by atoms with van der Waals surface area (Å²) in [6, 6.07) is 1.35. The van der Waals surface area contributed by atoms with E-state index in [0.29, 0.717) is 18.7 Å². The third-order valence-corrected chi connectivity index (χ3v) is 3.17. The molecule has 2 rings (SSSR count). The van der Waals surface area contributed by atoms with E-state index in [1.807, 2.05) is 0 Å². The van der Waals surface area contributed by atoms with Gasteiger partial charge in [-0.2, -0.15) is 26.3 Å². The average Bonchev–Trinajstić information content (AvgIpc) is 2.88. The summed E-state index contributed by atoms with van der Waals surface area (Å²) in [6.07, 6.45) is -9.90. The number of benzene rings is 1. The summed E-state index contributed by atoms with van der Waals surface area (Å²) in [5, 5.41) is 4.73. The van der Waals surface area contributed by atoms with Crippen LogP contribution in [0.3, 0.4) is 0 Å². The van der Waals surface area contributed by atoms with Gasteiger partial charge in [0.05, 0.1) is 23.4 Å². The summed E-state index contributed by atoms with van der Waals surface area (Å²) in [7, 11) is 2.73. The van der Waals surface area contributed by atoms with Gasteiger partial charge in [-0.25, -0.2) is 0 Å². The van der Waals surface area contributed by atoms with Crippen LogP contribution in [-0.2, 0) is 12.4 Å². The van der Waals surface area contributed by atoms with E-state index in [2.05, 4.69) is 15.6 Å². The topological polar surface area (TPSA) is 39.7 Å². The minimum Gasteiger partial charge on any atom is -0.378 e. The number of nitrogens with one attached hydrogen (secondary N) is 2. The van der Waals surface area contributed by atoms with E-state index in [9.17, 15) is 26.3 Å². The van der Waals surface area contributed by atoms with Gasteiger partial charge in [-0.1, -0.05) is 0 Å². The van der Waals surface area contributed by atoms with Crippen molar-refractivity contribution >= 4 is 17.3 Å². The molecule has 1 aliphatic rings. The molecule has 0 aliphatic carbocycles. The van der Waals surface area contributed by atoms with E-state index in [-0.39, 0.29) is 18.2 Å². The van der Waals surface area contributed by atoms with Crippen molar-refractivity contribution in [2.75, 3.05) is 37.4 Å². The largest absolute Gasteiger partial charge is 0.418 e. The van der Waals surface area contributed by atoms with Gasteiger partial charge in [-0.3, -0.25) is 4.99 Å². The minimum absolute atomic E-state index is 0.112. The number of aliphatic imine (C=N–C) groups is 1. The average molecular weight is 340 g/mol. The van der Waals surface area contributed by atoms with Crippen LogP contribution in [0.2, 0.25) is 0 Å². The second kappa shape index (κ2) is 5.82. The summed E-state index contributed by atoms with van der Waals surface area (Å²) in [6.45, 7) is 0.627. The molecule has 0 fully saturated rings. The lowest BCUT2D eigenvalue weighted by Gasteiger charge is -2.23. The quantitative estimate of drug-likeness (QED) is 0.813. The zero-order valence-corrected chi connectivity index (χ0v) is 12.2. The smallest absolute Gasteiger partial charge is 0.378 e. The van der Waals surface area contributed by atoms with Crippen LogP contribution in [0.5, 0.6) is 0 Å². The zero-order valence-electron chi connectivity index (χ0n) is 12.2. The standard InChI is InChI=1S/C13H14F6N4/c1-23(2)7-5-8(12(14,15)16)10(9(6-7)13(17,18)19)22-11-20-3-4-21-11/h5-6H,3-4H2,1-2H3,(H2,20,21,22). The summed E-state index contributed by atoms with van der Waals surface area (Å²) in [5.41, 5.74) is -4.04. The molecular formula is C13H14F6N4. The number of anilines is 2. The number of hydrogen-bond donors (Lipinski definition) is 2. The molecule has 4 nitrogen and oxygen atoms in total. The molecule has 128 valence electrons. The van der Waals surface area contributed by atoms with Gasteiger partial charge in [0.1, 0.15) is 0 Å². The van der Waals surface area contributed by atoms with Crippen LogP contribution >= 0.6 is 0 Å². The van der Waals surface area contributed by atoms with Crippen LogP contribution in [0.15, 0.2) is 17.1 Å². The third kappa shape index (κ3) is 3.80. The first-order valence-corrected chi connectivity index (χ1v) is 6.55.